The molecule has 16 heavy (non-hydrogen) atoms. The predicted molar refractivity (Wildman–Crippen MR) is 64.3 cm³/mol. The molecule has 94 valence electrons. The Morgan fingerprint density at radius 2 is 1.81 bits per heavy atom. The maximum atomic E-state index is 11.5. The Kier molecular flexibility index (Phi) is 3.97. The maximum Gasteiger partial charge on any atom is 0.246 e. The molecule has 0 aliphatic carbocycles. The van der Waals surface area contributed by atoms with Gasteiger partial charge in [0.15, 0.2) is 0 Å². The molecule has 1 saturated heterocycles. The third-order valence-corrected chi connectivity index (χ3v) is 2.83. The Balaban J connectivity index is 2.57. The Morgan fingerprint density at radius 1 is 1.31 bits per heavy atom. The van der Waals surface area contributed by atoms with Crippen LogP contribution in [0.2, 0.25) is 0 Å². The van der Waals surface area contributed by atoms with E-state index in [0.717, 1.165) is 12.8 Å². The summed E-state index contributed by atoms with van der Waals surface area (Å²) in [4.78, 5) is 11.5. The van der Waals surface area contributed by atoms with E-state index in [9.17, 15) is 4.79 Å². The molecule has 4 nitrogen and oxygen atoms in total. The summed E-state index contributed by atoms with van der Waals surface area (Å²) in [7, 11) is 1.54. The van der Waals surface area contributed by atoms with Crippen molar-refractivity contribution in [2.45, 2.75) is 57.7 Å². The highest BCUT2D eigenvalue weighted by Crippen LogP contribution is 2.28. The molecular weight excluding hydrogens is 204 g/mol. The lowest BCUT2D eigenvalue weighted by atomic mass is 9.79. The highest BCUT2D eigenvalue weighted by molar-refractivity contribution is 5.77. The Morgan fingerprint density at radius 3 is 2.25 bits per heavy atom. The van der Waals surface area contributed by atoms with E-state index in [2.05, 4.69) is 38.3 Å². The van der Waals surface area contributed by atoms with Gasteiger partial charge in [0.25, 0.3) is 0 Å². The van der Waals surface area contributed by atoms with E-state index in [1.807, 2.05) is 0 Å². The Hall–Kier alpha value is -0.610. The fraction of sp³-hybridized carbons (Fsp3) is 0.917. The number of rotatable bonds is 3. The normalized spacial score (nSPS) is 24.1. The highest BCUT2D eigenvalue weighted by atomic mass is 16.5. The smallest absolute Gasteiger partial charge is 0.246 e. The van der Waals surface area contributed by atoms with Crippen molar-refractivity contribution in [2.75, 3.05) is 13.7 Å². The summed E-state index contributed by atoms with van der Waals surface area (Å²) >= 11 is 0. The monoisotopic (exact) mass is 228 g/mol. The summed E-state index contributed by atoms with van der Waals surface area (Å²) in [5.74, 6) is -0.0269. The van der Waals surface area contributed by atoms with Gasteiger partial charge in [0.05, 0.1) is 0 Å². The fourth-order valence-corrected chi connectivity index (χ4v) is 2.82. The summed E-state index contributed by atoms with van der Waals surface area (Å²) < 4.78 is 4.82. The molecule has 0 aromatic carbocycles. The number of hydrogen-bond donors (Lipinski definition) is 2. The first-order chi connectivity index (χ1) is 7.24. The molecule has 1 rings (SSSR count). The molecular formula is C12H24N2O2. The second-order valence-corrected chi connectivity index (χ2v) is 6.00. The van der Waals surface area contributed by atoms with Crippen molar-refractivity contribution in [1.82, 2.24) is 10.6 Å². The van der Waals surface area contributed by atoms with Crippen LogP contribution in [0.15, 0.2) is 0 Å². The third kappa shape index (κ3) is 4.10. The van der Waals surface area contributed by atoms with Gasteiger partial charge in [-0.15, -0.1) is 0 Å². The minimum atomic E-state index is -0.0269. The number of piperidine rings is 1. The van der Waals surface area contributed by atoms with Crippen LogP contribution in [0, 0.1) is 0 Å². The molecule has 1 aliphatic heterocycles. The molecule has 1 fully saturated rings. The van der Waals surface area contributed by atoms with Crippen LogP contribution in [-0.2, 0) is 9.53 Å². The molecule has 2 N–H and O–H groups in total. The van der Waals surface area contributed by atoms with Gasteiger partial charge in [-0.2, -0.15) is 0 Å². The predicted octanol–water partition coefficient (Wildman–Crippen LogP) is 1.06. The van der Waals surface area contributed by atoms with Gasteiger partial charge in [-0.3, -0.25) is 4.79 Å². The van der Waals surface area contributed by atoms with E-state index in [1.165, 1.54) is 7.11 Å². The minimum absolute atomic E-state index is 0.0269. The number of carbonyl (C=O) groups is 1. The molecule has 0 aromatic heterocycles. The largest absolute Gasteiger partial charge is 0.375 e. The van der Waals surface area contributed by atoms with Crippen molar-refractivity contribution >= 4 is 5.91 Å². The molecule has 0 atom stereocenters. The number of ether oxygens (including phenoxy) is 1. The average Bonchev–Trinajstić information content (AvgIpc) is 1.96. The summed E-state index contributed by atoms with van der Waals surface area (Å²) in [6.07, 6.45) is 1.90. The van der Waals surface area contributed by atoms with Crippen LogP contribution in [0.25, 0.3) is 0 Å². The summed E-state index contributed by atoms with van der Waals surface area (Å²) in [5, 5.41) is 6.61. The lowest BCUT2D eigenvalue weighted by Crippen LogP contribution is -2.62. The van der Waals surface area contributed by atoms with Gasteiger partial charge in [0.2, 0.25) is 5.91 Å². The minimum Gasteiger partial charge on any atom is -0.375 e. The van der Waals surface area contributed by atoms with Crippen LogP contribution in [0.3, 0.4) is 0 Å². The highest BCUT2D eigenvalue weighted by Gasteiger charge is 2.37. The lowest BCUT2D eigenvalue weighted by Gasteiger charge is -2.46. The lowest BCUT2D eigenvalue weighted by molar-refractivity contribution is -0.126. The first-order valence-electron chi connectivity index (χ1n) is 5.82. The average molecular weight is 228 g/mol. The number of carbonyl (C=O) groups excluding carboxylic acids is 1. The van der Waals surface area contributed by atoms with Crippen LogP contribution in [0.5, 0.6) is 0 Å². The van der Waals surface area contributed by atoms with E-state index < -0.39 is 0 Å². The molecule has 4 heteroatoms. The zero-order valence-electron chi connectivity index (χ0n) is 11.0. The van der Waals surface area contributed by atoms with Crippen molar-refractivity contribution in [3.63, 3.8) is 0 Å². The Labute approximate surface area is 98.1 Å². The topological polar surface area (TPSA) is 50.4 Å². The second kappa shape index (κ2) is 4.72. The van der Waals surface area contributed by atoms with Crippen LogP contribution in [-0.4, -0.2) is 36.7 Å². The molecule has 0 radical (unpaired) electrons. The van der Waals surface area contributed by atoms with Gasteiger partial charge in [-0.05, 0) is 40.5 Å². The van der Waals surface area contributed by atoms with E-state index in [4.69, 9.17) is 4.74 Å². The standard InChI is InChI=1S/C12H24N2O2/c1-11(2)6-9(7-12(3,4)14-11)13-10(15)8-16-5/h9,14H,6-8H2,1-5H3,(H,13,15). The van der Waals surface area contributed by atoms with Crippen LogP contribution < -0.4 is 10.6 Å². The van der Waals surface area contributed by atoms with Crippen LogP contribution in [0.4, 0.5) is 0 Å². The molecule has 1 amide bonds. The molecule has 0 bridgehead atoms. The molecule has 1 aliphatic rings. The van der Waals surface area contributed by atoms with E-state index in [1.54, 1.807) is 0 Å². The van der Waals surface area contributed by atoms with Crippen molar-refractivity contribution in [3.05, 3.63) is 0 Å². The van der Waals surface area contributed by atoms with Gasteiger partial charge >= 0.3 is 0 Å². The Bertz CT molecular complexity index is 246. The van der Waals surface area contributed by atoms with Crippen molar-refractivity contribution in [1.29, 1.82) is 0 Å². The van der Waals surface area contributed by atoms with Crippen LogP contribution >= 0.6 is 0 Å². The van der Waals surface area contributed by atoms with E-state index in [-0.39, 0.29) is 29.6 Å². The number of amides is 1. The fourth-order valence-electron chi connectivity index (χ4n) is 2.82. The second-order valence-electron chi connectivity index (χ2n) is 6.00. The van der Waals surface area contributed by atoms with Gasteiger partial charge in [0, 0.05) is 24.2 Å². The van der Waals surface area contributed by atoms with Crippen LogP contribution in [0.1, 0.15) is 40.5 Å². The molecule has 1 heterocycles. The van der Waals surface area contributed by atoms with Crippen molar-refractivity contribution < 1.29 is 9.53 Å². The quantitative estimate of drug-likeness (QED) is 0.759. The zero-order valence-corrected chi connectivity index (χ0v) is 11.0. The van der Waals surface area contributed by atoms with Gasteiger partial charge in [-0.1, -0.05) is 0 Å². The third-order valence-electron chi connectivity index (χ3n) is 2.83. The van der Waals surface area contributed by atoms with Crippen molar-refractivity contribution in [2.24, 2.45) is 0 Å². The first kappa shape index (κ1) is 13.5. The van der Waals surface area contributed by atoms with Gasteiger partial charge in [-0.25, -0.2) is 0 Å². The molecule has 0 aromatic rings. The molecule has 0 unspecified atom stereocenters. The van der Waals surface area contributed by atoms with Crippen molar-refractivity contribution in [3.8, 4) is 0 Å². The van der Waals surface area contributed by atoms with Gasteiger partial charge in [0.1, 0.15) is 6.61 Å². The summed E-state index contributed by atoms with van der Waals surface area (Å²) in [6, 6.07) is 0.230. The molecule has 0 spiro atoms. The summed E-state index contributed by atoms with van der Waals surface area (Å²) in [6.45, 7) is 8.82. The van der Waals surface area contributed by atoms with E-state index in [0.29, 0.717) is 0 Å². The zero-order chi connectivity index (χ0) is 12.4. The SMILES string of the molecule is COCC(=O)NC1CC(C)(C)NC(C)(C)C1. The summed E-state index contributed by atoms with van der Waals surface area (Å²) in [5.41, 5.74) is 0.125. The number of methoxy groups -OCH3 is 1. The van der Waals surface area contributed by atoms with Gasteiger partial charge < -0.3 is 15.4 Å². The molecule has 0 saturated carbocycles. The number of hydrogen-bond acceptors (Lipinski definition) is 3. The number of nitrogens with one attached hydrogen (secondary N) is 2. The maximum absolute atomic E-state index is 11.5. The van der Waals surface area contributed by atoms with E-state index >= 15 is 0 Å². The first-order valence-corrected chi connectivity index (χ1v) is 5.82.